The van der Waals surface area contributed by atoms with Crippen LogP contribution in [0.1, 0.15) is 54.7 Å². The van der Waals surface area contributed by atoms with Crippen LogP contribution in [0.4, 0.5) is 18.0 Å². The second-order valence-corrected chi connectivity index (χ2v) is 12.5. The van der Waals surface area contributed by atoms with Crippen LogP contribution >= 0.6 is 0 Å². The molecule has 1 aromatic heterocycles. The maximum atomic E-state index is 14.6. The van der Waals surface area contributed by atoms with Gasteiger partial charge in [-0.15, -0.1) is 0 Å². The van der Waals surface area contributed by atoms with E-state index < -0.39 is 61.6 Å². The molecule has 0 aliphatic rings. The molecule has 0 spiro atoms. The third-order valence-corrected chi connectivity index (χ3v) is 7.49. The van der Waals surface area contributed by atoms with Gasteiger partial charge in [0.2, 0.25) is 0 Å². The molecule has 2 aromatic carbocycles. The number of nitrogens with zero attached hydrogens (tertiary/aromatic N) is 1. The molecule has 214 valence electrons. The number of nitrogens with one attached hydrogen (secondary N) is 1. The zero-order valence-corrected chi connectivity index (χ0v) is 23.4. The number of carbonyl (C=O) groups is 2. The van der Waals surface area contributed by atoms with Crippen molar-refractivity contribution >= 4 is 21.7 Å². The molecular weight excluding hydrogens is 549 g/mol. The Kier molecular flexibility index (Phi) is 8.93. The normalized spacial score (nSPS) is 11.8. The minimum Gasteiger partial charge on any atom is -0.444 e. The standard InChI is InChI=1S/C28H29F3N2O6S/c1-6-40(37,38)15-16-7-8-19(25(34)24-21(30)12-18(29)13-22(24)31)20(11-16)23-17(9-10-33(5)26(23)35)14-32-27(36)39-28(2,3)4/h7-13H,6,14-15H2,1-5H3,(H,32,36). The van der Waals surface area contributed by atoms with E-state index in [0.29, 0.717) is 12.1 Å². The highest BCUT2D eigenvalue weighted by molar-refractivity contribution is 7.90. The van der Waals surface area contributed by atoms with E-state index >= 15 is 0 Å². The monoisotopic (exact) mass is 578 g/mol. The summed E-state index contributed by atoms with van der Waals surface area (Å²) in [5.41, 5.74) is -2.59. The average molecular weight is 579 g/mol. The molecule has 0 fully saturated rings. The lowest BCUT2D eigenvalue weighted by molar-refractivity contribution is 0.0523. The number of ketones is 1. The zero-order valence-electron chi connectivity index (χ0n) is 22.6. The number of alkyl carbamates (subject to hydrolysis) is 1. The predicted octanol–water partition coefficient (Wildman–Crippen LogP) is 4.66. The van der Waals surface area contributed by atoms with Crippen molar-refractivity contribution in [1.82, 2.24) is 9.88 Å². The van der Waals surface area contributed by atoms with E-state index in [1.54, 1.807) is 20.8 Å². The number of benzene rings is 2. The van der Waals surface area contributed by atoms with Crippen LogP contribution in [0.3, 0.4) is 0 Å². The predicted molar refractivity (Wildman–Crippen MR) is 143 cm³/mol. The first kappa shape index (κ1) is 30.6. The number of carbonyl (C=O) groups excluding carboxylic acids is 2. The van der Waals surface area contributed by atoms with Crippen molar-refractivity contribution in [3.63, 3.8) is 0 Å². The Morgan fingerprint density at radius 1 is 1.02 bits per heavy atom. The van der Waals surface area contributed by atoms with Crippen LogP contribution in [0.25, 0.3) is 11.1 Å². The Labute approximate surface area is 229 Å². The average Bonchev–Trinajstić information content (AvgIpc) is 2.82. The molecule has 0 radical (unpaired) electrons. The van der Waals surface area contributed by atoms with Crippen molar-refractivity contribution in [3.05, 3.63) is 92.7 Å². The van der Waals surface area contributed by atoms with Gasteiger partial charge in [-0.2, -0.15) is 0 Å². The van der Waals surface area contributed by atoms with Crippen LogP contribution in [0.15, 0.2) is 47.4 Å². The highest BCUT2D eigenvalue weighted by atomic mass is 32.2. The quantitative estimate of drug-likeness (QED) is 0.389. The number of pyridine rings is 1. The second kappa shape index (κ2) is 11.7. The molecule has 1 N–H and O–H groups in total. The Morgan fingerprint density at radius 3 is 2.23 bits per heavy atom. The summed E-state index contributed by atoms with van der Waals surface area (Å²) in [5.74, 6) is -5.90. The summed E-state index contributed by atoms with van der Waals surface area (Å²) in [6, 6.07) is 5.96. The minimum atomic E-state index is -3.55. The van der Waals surface area contributed by atoms with Gasteiger partial charge in [-0.25, -0.2) is 26.4 Å². The molecule has 8 nitrogen and oxygen atoms in total. The third kappa shape index (κ3) is 7.17. The number of sulfone groups is 1. The molecule has 0 atom stereocenters. The lowest BCUT2D eigenvalue weighted by Gasteiger charge is -2.20. The fourth-order valence-corrected chi connectivity index (χ4v) is 4.81. The van der Waals surface area contributed by atoms with Gasteiger partial charge >= 0.3 is 6.09 Å². The Balaban J connectivity index is 2.25. The van der Waals surface area contributed by atoms with Crippen LogP contribution in [-0.4, -0.2) is 36.2 Å². The van der Waals surface area contributed by atoms with Crippen molar-refractivity contribution < 1.29 is 35.9 Å². The number of halogens is 3. The first-order valence-corrected chi connectivity index (χ1v) is 14.0. The smallest absolute Gasteiger partial charge is 0.407 e. The highest BCUT2D eigenvalue weighted by Gasteiger charge is 2.26. The van der Waals surface area contributed by atoms with E-state index in [1.165, 1.54) is 42.9 Å². The molecule has 0 aliphatic heterocycles. The maximum absolute atomic E-state index is 14.6. The van der Waals surface area contributed by atoms with E-state index in [1.807, 2.05) is 0 Å². The van der Waals surface area contributed by atoms with Crippen LogP contribution < -0.4 is 10.9 Å². The van der Waals surface area contributed by atoms with Gasteiger partial charge in [0.05, 0.1) is 16.9 Å². The van der Waals surface area contributed by atoms with Crippen molar-refractivity contribution in [2.45, 2.75) is 45.6 Å². The molecule has 3 rings (SSSR count). The highest BCUT2D eigenvalue weighted by Crippen LogP contribution is 2.30. The fourth-order valence-electron chi connectivity index (χ4n) is 3.92. The SMILES string of the molecule is CCS(=O)(=O)Cc1ccc(C(=O)c2c(F)cc(F)cc2F)c(-c2c(CNC(=O)OC(C)(C)C)ccn(C)c2=O)c1. The van der Waals surface area contributed by atoms with E-state index in [2.05, 4.69) is 5.32 Å². The lowest BCUT2D eigenvalue weighted by Crippen LogP contribution is -2.33. The largest absolute Gasteiger partial charge is 0.444 e. The van der Waals surface area contributed by atoms with E-state index in [9.17, 15) is 36.0 Å². The number of aryl methyl sites for hydroxylation is 1. The number of hydrogen-bond acceptors (Lipinski definition) is 6. The van der Waals surface area contributed by atoms with Crippen molar-refractivity contribution in [3.8, 4) is 11.1 Å². The van der Waals surface area contributed by atoms with Gasteiger partial charge in [-0.3, -0.25) is 9.59 Å². The van der Waals surface area contributed by atoms with E-state index in [4.69, 9.17) is 4.74 Å². The van der Waals surface area contributed by atoms with Crippen LogP contribution in [0, 0.1) is 17.5 Å². The van der Waals surface area contributed by atoms with Gasteiger partial charge in [0.25, 0.3) is 5.56 Å². The summed E-state index contributed by atoms with van der Waals surface area (Å²) in [6.07, 6.45) is 0.637. The summed E-state index contributed by atoms with van der Waals surface area (Å²) in [5, 5.41) is 2.53. The van der Waals surface area contributed by atoms with Gasteiger partial charge in [0, 0.05) is 43.2 Å². The molecular formula is C28H29F3N2O6S. The number of aromatic nitrogens is 1. The van der Waals surface area contributed by atoms with Crippen molar-refractivity contribution in [2.24, 2.45) is 7.05 Å². The van der Waals surface area contributed by atoms with Crippen molar-refractivity contribution in [2.75, 3.05) is 5.75 Å². The minimum absolute atomic E-state index is 0.108. The van der Waals surface area contributed by atoms with Gasteiger partial charge in [-0.05, 0) is 49.6 Å². The number of amides is 1. The topological polar surface area (TPSA) is 112 Å². The number of hydrogen-bond donors (Lipinski definition) is 1. The van der Waals surface area contributed by atoms with E-state index in [0.717, 1.165) is 6.07 Å². The lowest BCUT2D eigenvalue weighted by atomic mass is 9.90. The Morgan fingerprint density at radius 2 is 1.65 bits per heavy atom. The van der Waals surface area contributed by atoms with Crippen LogP contribution in [0.5, 0.6) is 0 Å². The van der Waals surface area contributed by atoms with Gasteiger partial charge < -0.3 is 14.6 Å². The molecule has 3 aromatic rings. The summed E-state index contributed by atoms with van der Waals surface area (Å²) in [7, 11) is -2.11. The first-order valence-electron chi connectivity index (χ1n) is 12.2. The molecule has 0 aliphatic carbocycles. The zero-order chi connectivity index (χ0) is 30.0. The molecule has 40 heavy (non-hydrogen) atoms. The van der Waals surface area contributed by atoms with Crippen LogP contribution in [0.2, 0.25) is 0 Å². The summed E-state index contributed by atoms with van der Waals surface area (Å²) in [6.45, 7) is 6.22. The van der Waals surface area contributed by atoms with Gasteiger partial charge in [0.15, 0.2) is 15.6 Å². The molecule has 1 heterocycles. The molecule has 0 saturated heterocycles. The summed E-state index contributed by atoms with van der Waals surface area (Å²) in [4.78, 5) is 39.1. The maximum Gasteiger partial charge on any atom is 0.407 e. The van der Waals surface area contributed by atoms with Crippen molar-refractivity contribution in [1.29, 1.82) is 0 Å². The third-order valence-electron chi connectivity index (χ3n) is 5.84. The first-order chi connectivity index (χ1) is 18.5. The fraction of sp³-hybridized carbons (Fsp3) is 0.321. The van der Waals surface area contributed by atoms with Crippen LogP contribution in [-0.2, 0) is 33.9 Å². The Hall–Kier alpha value is -3.93. The Bertz CT molecular complexity index is 1620. The van der Waals surface area contributed by atoms with Gasteiger partial charge in [0.1, 0.15) is 23.1 Å². The molecule has 0 bridgehead atoms. The van der Waals surface area contributed by atoms with E-state index in [-0.39, 0.29) is 40.1 Å². The summed E-state index contributed by atoms with van der Waals surface area (Å²) < 4.78 is 73.8. The molecule has 0 saturated carbocycles. The van der Waals surface area contributed by atoms with Gasteiger partial charge in [-0.1, -0.05) is 19.1 Å². The number of rotatable bonds is 8. The molecule has 1 amide bonds. The molecule has 0 unspecified atom stereocenters. The number of ether oxygens (including phenoxy) is 1. The molecule has 12 heteroatoms. The summed E-state index contributed by atoms with van der Waals surface area (Å²) >= 11 is 0. The second-order valence-electron chi connectivity index (χ2n) is 10.1.